The highest BCUT2D eigenvalue weighted by Gasteiger charge is 2.36. The molecular weight excluding hydrogens is 335 g/mol. The van der Waals surface area contributed by atoms with Crippen LogP contribution in [0, 0.1) is 17.7 Å². The lowest BCUT2D eigenvalue weighted by Crippen LogP contribution is -2.32. The molecule has 140 valence electrons. The van der Waals surface area contributed by atoms with Crippen LogP contribution in [0.3, 0.4) is 0 Å². The maximum atomic E-state index is 13.1. The number of carbonyl (C=O) groups excluding carboxylic acids is 1. The Kier molecular flexibility index (Phi) is 5.68. The third kappa shape index (κ3) is 3.94. The van der Waals surface area contributed by atoms with Crippen LogP contribution in [-0.2, 0) is 0 Å². The van der Waals surface area contributed by atoms with Crippen molar-refractivity contribution in [3.8, 4) is 11.3 Å². The number of likely N-dealkylation sites (tertiary alicyclic amines) is 1. The van der Waals surface area contributed by atoms with E-state index in [1.165, 1.54) is 12.1 Å². The van der Waals surface area contributed by atoms with E-state index < -0.39 is 0 Å². The van der Waals surface area contributed by atoms with Gasteiger partial charge < -0.3 is 14.9 Å². The highest BCUT2D eigenvalue weighted by molar-refractivity contribution is 5.93. The average molecular weight is 360 g/mol. The minimum Gasteiger partial charge on any atom is -0.396 e. The normalized spacial score (nSPS) is 20.1. The number of amides is 1. The van der Waals surface area contributed by atoms with Gasteiger partial charge in [-0.25, -0.2) is 4.39 Å². The molecule has 26 heavy (non-hydrogen) atoms. The maximum Gasteiger partial charge on any atom is 0.271 e. The van der Waals surface area contributed by atoms with Crippen molar-refractivity contribution >= 4 is 5.91 Å². The molecular formula is C19H25FN4O2. The number of halogens is 1. The van der Waals surface area contributed by atoms with E-state index >= 15 is 0 Å². The number of nitrogens with one attached hydrogen (secondary N) is 1. The topological polar surface area (TPSA) is 72.5 Å². The van der Waals surface area contributed by atoms with Gasteiger partial charge in [0.15, 0.2) is 0 Å². The highest BCUT2D eigenvalue weighted by Crippen LogP contribution is 2.26. The van der Waals surface area contributed by atoms with Crippen molar-refractivity contribution in [3.63, 3.8) is 0 Å². The fourth-order valence-electron chi connectivity index (χ4n) is 3.42. The van der Waals surface area contributed by atoms with E-state index in [9.17, 15) is 14.3 Å². The molecule has 0 radical (unpaired) electrons. The first-order chi connectivity index (χ1) is 12.5. The Bertz CT molecular complexity index is 746. The summed E-state index contributed by atoms with van der Waals surface area (Å²) in [5.41, 5.74) is 1.76. The van der Waals surface area contributed by atoms with Crippen LogP contribution in [0.5, 0.6) is 0 Å². The standard InChI is InChI=1S/C19H25FN4O2/c1-3-23(2)9-14-10-24(11-15(14)12-25)19(26)18-8-17(21-22-18)13-4-6-16(20)7-5-13/h4-8,14-15,25H,3,9-12H2,1-2H3,(H,21,22)/t14-,15-/m1/s1. The number of benzene rings is 1. The number of nitrogens with zero attached hydrogens (tertiary/aromatic N) is 3. The molecule has 0 spiro atoms. The summed E-state index contributed by atoms with van der Waals surface area (Å²) >= 11 is 0. The smallest absolute Gasteiger partial charge is 0.271 e. The van der Waals surface area contributed by atoms with Crippen LogP contribution >= 0.6 is 0 Å². The largest absolute Gasteiger partial charge is 0.396 e. The predicted molar refractivity (Wildman–Crippen MR) is 97.1 cm³/mol. The summed E-state index contributed by atoms with van der Waals surface area (Å²) in [6.07, 6.45) is 0. The monoisotopic (exact) mass is 360 g/mol. The molecule has 2 N–H and O–H groups in total. The number of aromatic nitrogens is 2. The molecule has 0 unspecified atom stereocenters. The van der Waals surface area contributed by atoms with Crippen LogP contribution in [0.1, 0.15) is 17.4 Å². The van der Waals surface area contributed by atoms with Gasteiger partial charge in [-0.1, -0.05) is 6.92 Å². The molecule has 0 saturated carbocycles. The first kappa shape index (κ1) is 18.5. The summed E-state index contributed by atoms with van der Waals surface area (Å²) in [7, 11) is 2.04. The van der Waals surface area contributed by atoms with Crippen LogP contribution in [0.25, 0.3) is 11.3 Å². The van der Waals surface area contributed by atoms with Gasteiger partial charge in [-0.3, -0.25) is 9.89 Å². The molecule has 2 heterocycles. The van der Waals surface area contributed by atoms with Crippen LogP contribution in [0.2, 0.25) is 0 Å². The molecule has 1 aliphatic heterocycles. The quantitative estimate of drug-likeness (QED) is 0.825. The molecule has 3 rings (SSSR count). The minimum absolute atomic E-state index is 0.0792. The van der Waals surface area contributed by atoms with E-state index in [0.29, 0.717) is 24.5 Å². The van der Waals surface area contributed by atoms with E-state index in [-0.39, 0.29) is 30.2 Å². The number of H-pyrrole nitrogens is 1. The maximum absolute atomic E-state index is 13.1. The van der Waals surface area contributed by atoms with Crippen molar-refractivity contribution in [2.45, 2.75) is 6.92 Å². The average Bonchev–Trinajstić information content (AvgIpc) is 3.29. The van der Waals surface area contributed by atoms with Gasteiger partial charge in [-0.05, 0) is 49.8 Å². The Morgan fingerprint density at radius 3 is 2.69 bits per heavy atom. The molecule has 2 atom stereocenters. The first-order valence-corrected chi connectivity index (χ1v) is 8.91. The van der Waals surface area contributed by atoms with Crippen molar-refractivity contribution in [3.05, 3.63) is 41.8 Å². The zero-order valence-corrected chi connectivity index (χ0v) is 15.2. The Hall–Kier alpha value is -2.25. The lowest BCUT2D eigenvalue weighted by molar-refractivity contribution is 0.0773. The van der Waals surface area contributed by atoms with Crippen LogP contribution in [0.15, 0.2) is 30.3 Å². The first-order valence-electron chi connectivity index (χ1n) is 8.91. The third-order valence-electron chi connectivity index (χ3n) is 5.13. The van der Waals surface area contributed by atoms with Crippen molar-refractivity contribution in [2.75, 3.05) is 39.8 Å². The molecule has 1 saturated heterocycles. The van der Waals surface area contributed by atoms with E-state index in [1.807, 2.05) is 7.05 Å². The summed E-state index contributed by atoms with van der Waals surface area (Å²) in [5, 5.41) is 16.6. The van der Waals surface area contributed by atoms with Crippen LogP contribution < -0.4 is 0 Å². The van der Waals surface area contributed by atoms with Crippen molar-refractivity contribution < 1.29 is 14.3 Å². The molecule has 1 aromatic heterocycles. The van der Waals surface area contributed by atoms with Crippen LogP contribution in [-0.4, -0.2) is 70.8 Å². The number of hydrogen-bond donors (Lipinski definition) is 2. The Morgan fingerprint density at radius 1 is 1.35 bits per heavy atom. The number of aliphatic hydroxyl groups excluding tert-OH is 1. The summed E-state index contributed by atoms with van der Waals surface area (Å²) in [6.45, 7) is 5.13. The molecule has 6 nitrogen and oxygen atoms in total. The van der Waals surface area contributed by atoms with Gasteiger partial charge in [0.25, 0.3) is 5.91 Å². The van der Waals surface area contributed by atoms with Gasteiger partial charge in [0.2, 0.25) is 0 Å². The van der Waals surface area contributed by atoms with Crippen molar-refractivity contribution in [2.24, 2.45) is 11.8 Å². The summed E-state index contributed by atoms with van der Waals surface area (Å²) in [4.78, 5) is 16.8. The number of aromatic amines is 1. The molecule has 1 aromatic carbocycles. The summed E-state index contributed by atoms with van der Waals surface area (Å²) < 4.78 is 13.1. The Morgan fingerprint density at radius 2 is 2.04 bits per heavy atom. The number of rotatable bonds is 6. The fraction of sp³-hybridized carbons (Fsp3) is 0.474. The van der Waals surface area contributed by atoms with Gasteiger partial charge in [-0.15, -0.1) is 0 Å². The Balaban J connectivity index is 1.70. The SMILES string of the molecule is CCN(C)C[C@@H]1CN(C(=O)c2cc(-c3ccc(F)cc3)n[nH]2)C[C@@H]1CO. The molecule has 2 aromatic rings. The Labute approximate surface area is 152 Å². The van der Waals surface area contributed by atoms with E-state index in [1.54, 1.807) is 23.1 Å². The van der Waals surface area contributed by atoms with Crippen molar-refractivity contribution in [1.82, 2.24) is 20.0 Å². The predicted octanol–water partition coefficient (Wildman–Crippen LogP) is 1.85. The highest BCUT2D eigenvalue weighted by atomic mass is 19.1. The number of aliphatic hydroxyl groups is 1. The molecule has 1 amide bonds. The van der Waals surface area contributed by atoms with Gasteiger partial charge in [-0.2, -0.15) is 5.10 Å². The van der Waals surface area contributed by atoms with Gasteiger partial charge in [0.05, 0.1) is 5.69 Å². The number of hydrogen-bond acceptors (Lipinski definition) is 4. The van der Waals surface area contributed by atoms with Crippen molar-refractivity contribution in [1.29, 1.82) is 0 Å². The molecule has 1 fully saturated rings. The minimum atomic E-state index is -0.309. The van der Waals surface area contributed by atoms with E-state index in [2.05, 4.69) is 22.0 Å². The molecule has 0 bridgehead atoms. The van der Waals surface area contributed by atoms with E-state index in [4.69, 9.17) is 0 Å². The van der Waals surface area contributed by atoms with E-state index in [0.717, 1.165) is 18.7 Å². The third-order valence-corrected chi connectivity index (χ3v) is 5.13. The zero-order valence-electron chi connectivity index (χ0n) is 15.2. The summed E-state index contributed by atoms with van der Waals surface area (Å²) in [6, 6.07) is 7.69. The number of carbonyl (C=O) groups is 1. The molecule has 7 heteroatoms. The van der Waals surface area contributed by atoms with Crippen LogP contribution in [0.4, 0.5) is 4.39 Å². The summed E-state index contributed by atoms with van der Waals surface area (Å²) in [5.74, 6) is -0.0809. The second-order valence-electron chi connectivity index (χ2n) is 6.94. The van der Waals surface area contributed by atoms with Gasteiger partial charge >= 0.3 is 0 Å². The zero-order chi connectivity index (χ0) is 18.7. The fourth-order valence-corrected chi connectivity index (χ4v) is 3.42. The lowest BCUT2D eigenvalue weighted by Gasteiger charge is -2.22. The van der Waals surface area contributed by atoms with Gasteiger partial charge in [0, 0.05) is 37.7 Å². The second-order valence-corrected chi connectivity index (χ2v) is 6.94. The lowest BCUT2D eigenvalue weighted by atomic mass is 9.96. The second kappa shape index (κ2) is 7.97. The molecule has 0 aliphatic carbocycles. The molecule has 1 aliphatic rings. The van der Waals surface area contributed by atoms with Gasteiger partial charge in [0.1, 0.15) is 11.5 Å².